The van der Waals surface area contributed by atoms with E-state index in [1.807, 2.05) is 0 Å². The number of carbonyl (C=O) groups excluding carboxylic acids is 3. The van der Waals surface area contributed by atoms with Crippen molar-refractivity contribution in [1.82, 2.24) is 0 Å². The summed E-state index contributed by atoms with van der Waals surface area (Å²) in [5.41, 5.74) is 0. The lowest BCUT2D eigenvalue weighted by Gasteiger charge is -2.18. The van der Waals surface area contributed by atoms with Gasteiger partial charge in [-0.1, -0.05) is 313 Å². The van der Waals surface area contributed by atoms with Crippen molar-refractivity contribution in [2.24, 2.45) is 0 Å². The number of carbonyl (C=O) groups is 3. The van der Waals surface area contributed by atoms with Gasteiger partial charge in [-0.3, -0.25) is 14.4 Å². The van der Waals surface area contributed by atoms with Gasteiger partial charge in [0.1, 0.15) is 13.2 Å². The Morgan fingerprint density at radius 1 is 0.276 bits per heavy atom. The maximum Gasteiger partial charge on any atom is 0.306 e. The number of hydrogen-bond acceptors (Lipinski definition) is 6. The van der Waals surface area contributed by atoms with Crippen molar-refractivity contribution in [2.45, 2.75) is 367 Å². The van der Waals surface area contributed by atoms with Crippen molar-refractivity contribution in [3.63, 3.8) is 0 Å². The molecule has 0 N–H and O–H groups in total. The first-order valence-corrected chi connectivity index (χ1v) is 33.6. The van der Waals surface area contributed by atoms with E-state index in [0.717, 1.165) is 89.9 Å². The van der Waals surface area contributed by atoms with Crippen molar-refractivity contribution in [3.05, 3.63) is 48.6 Å². The lowest BCUT2D eigenvalue weighted by molar-refractivity contribution is -0.167. The molecule has 0 fully saturated rings. The van der Waals surface area contributed by atoms with E-state index in [2.05, 4.69) is 69.4 Å². The second kappa shape index (κ2) is 64.9. The van der Waals surface area contributed by atoms with E-state index in [-0.39, 0.29) is 31.1 Å². The lowest BCUT2D eigenvalue weighted by Crippen LogP contribution is -2.30. The Bertz CT molecular complexity index is 1310. The minimum Gasteiger partial charge on any atom is -0.462 e. The molecule has 1 atom stereocenters. The predicted octanol–water partition coefficient (Wildman–Crippen LogP) is 22.9. The van der Waals surface area contributed by atoms with Crippen molar-refractivity contribution in [3.8, 4) is 0 Å². The van der Waals surface area contributed by atoms with E-state index in [4.69, 9.17) is 14.2 Å². The highest BCUT2D eigenvalue weighted by molar-refractivity contribution is 5.71. The number of hydrogen-bond donors (Lipinski definition) is 0. The first-order chi connectivity index (χ1) is 37.5. The fourth-order valence-corrected chi connectivity index (χ4v) is 10.0. The molecule has 0 aliphatic rings. The minimum absolute atomic E-state index is 0.0761. The number of ether oxygens (including phenoxy) is 3. The summed E-state index contributed by atoms with van der Waals surface area (Å²) in [6, 6.07) is 0. The van der Waals surface area contributed by atoms with Gasteiger partial charge < -0.3 is 14.2 Å². The van der Waals surface area contributed by atoms with Gasteiger partial charge in [-0.15, -0.1) is 0 Å². The van der Waals surface area contributed by atoms with Crippen LogP contribution in [0.15, 0.2) is 48.6 Å². The van der Waals surface area contributed by atoms with Crippen molar-refractivity contribution in [1.29, 1.82) is 0 Å². The molecule has 0 aromatic carbocycles. The summed E-state index contributed by atoms with van der Waals surface area (Å²) in [6.07, 6.45) is 81.3. The average molecular weight is 1070 g/mol. The molecule has 0 amide bonds. The molecular formula is C70H128O6. The maximum atomic E-state index is 12.9. The molecule has 0 spiro atoms. The van der Waals surface area contributed by atoms with Crippen LogP contribution in [0.2, 0.25) is 0 Å². The SMILES string of the molecule is CC/C=C\C/C=C\C/C=C\CCCCCCCCCC(=O)OC(COC(=O)CCCCCCC/C=C\CCCCCCCCC)COC(=O)CCCCCCCCCCCCCCCCCCCCCCCCCCC. The molecule has 0 saturated heterocycles. The number of esters is 3. The standard InChI is InChI=1S/C70H128O6/c1-4-7-10-13-16-19-22-25-28-31-32-33-34-35-36-37-38-40-42-45-48-51-54-57-60-63-69(72)75-66-67(65-74-68(71)62-59-56-53-50-47-44-41-30-27-24-21-18-15-12-9-6-3)76-70(73)64-61-58-55-52-49-46-43-39-29-26-23-20-17-14-11-8-5-2/h8,11,17,20,26,29-30,41,67H,4-7,9-10,12-16,18-19,21-25,27-28,31-40,42-66H2,1-3H3/b11-8-,20-17-,29-26-,41-30-. The third-order valence-electron chi connectivity index (χ3n) is 15.1. The van der Waals surface area contributed by atoms with Crippen LogP contribution in [0.1, 0.15) is 361 Å². The molecule has 0 saturated carbocycles. The Labute approximate surface area is 473 Å². The summed E-state index contributed by atoms with van der Waals surface area (Å²) >= 11 is 0. The van der Waals surface area contributed by atoms with Crippen LogP contribution in [-0.2, 0) is 28.6 Å². The Hall–Kier alpha value is -2.63. The average Bonchev–Trinajstić information content (AvgIpc) is 3.42. The van der Waals surface area contributed by atoms with Gasteiger partial charge in [-0.2, -0.15) is 0 Å². The van der Waals surface area contributed by atoms with E-state index in [1.54, 1.807) is 0 Å². The van der Waals surface area contributed by atoms with Gasteiger partial charge >= 0.3 is 17.9 Å². The second-order valence-corrected chi connectivity index (χ2v) is 22.7. The van der Waals surface area contributed by atoms with Gasteiger partial charge in [-0.25, -0.2) is 0 Å². The highest BCUT2D eigenvalue weighted by Crippen LogP contribution is 2.18. The summed E-state index contributed by atoms with van der Waals surface area (Å²) in [4.78, 5) is 38.4. The molecule has 0 rings (SSSR count). The van der Waals surface area contributed by atoms with E-state index in [0.29, 0.717) is 19.3 Å². The molecular weight excluding hydrogens is 937 g/mol. The largest absolute Gasteiger partial charge is 0.462 e. The topological polar surface area (TPSA) is 78.9 Å². The van der Waals surface area contributed by atoms with Gasteiger partial charge in [0.25, 0.3) is 0 Å². The van der Waals surface area contributed by atoms with Crippen molar-refractivity contribution < 1.29 is 28.6 Å². The van der Waals surface area contributed by atoms with E-state index in [9.17, 15) is 14.4 Å². The van der Waals surface area contributed by atoms with Crippen LogP contribution >= 0.6 is 0 Å². The smallest absolute Gasteiger partial charge is 0.306 e. The van der Waals surface area contributed by atoms with Crippen LogP contribution in [0.3, 0.4) is 0 Å². The third kappa shape index (κ3) is 62.2. The maximum absolute atomic E-state index is 12.9. The summed E-state index contributed by atoms with van der Waals surface area (Å²) in [6.45, 7) is 6.57. The van der Waals surface area contributed by atoms with Crippen LogP contribution in [-0.4, -0.2) is 37.2 Å². The van der Waals surface area contributed by atoms with Gasteiger partial charge in [0.15, 0.2) is 6.10 Å². The first-order valence-electron chi connectivity index (χ1n) is 33.6. The molecule has 6 nitrogen and oxygen atoms in total. The molecule has 0 heterocycles. The van der Waals surface area contributed by atoms with Crippen molar-refractivity contribution in [2.75, 3.05) is 13.2 Å². The zero-order valence-electron chi connectivity index (χ0n) is 51.0. The molecule has 76 heavy (non-hydrogen) atoms. The lowest BCUT2D eigenvalue weighted by atomic mass is 10.0. The Morgan fingerprint density at radius 2 is 0.513 bits per heavy atom. The number of unbranched alkanes of at least 4 members (excludes halogenated alkanes) is 43. The molecule has 0 aliphatic carbocycles. The number of allylic oxidation sites excluding steroid dienone is 8. The zero-order chi connectivity index (χ0) is 55.0. The van der Waals surface area contributed by atoms with Crippen LogP contribution < -0.4 is 0 Å². The van der Waals surface area contributed by atoms with Crippen LogP contribution in [0, 0.1) is 0 Å². The first kappa shape index (κ1) is 73.4. The van der Waals surface area contributed by atoms with Gasteiger partial charge in [-0.05, 0) is 77.0 Å². The fraction of sp³-hybridized carbons (Fsp3) is 0.843. The van der Waals surface area contributed by atoms with Crippen LogP contribution in [0.5, 0.6) is 0 Å². The molecule has 0 aliphatic heterocycles. The normalized spacial score (nSPS) is 12.3. The molecule has 0 aromatic heterocycles. The van der Waals surface area contributed by atoms with E-state index >= 15 is 0 Å². The van der Waals surface area contributed by atoms with Gasteiger partial charge in [0.05, 0.1) is 0 Å². The molecule has 0 radical (unpaired) electrons. The third-order valence-corrected chi connectivity index (χ3v) is 15.1. The summed E-state index contributed by atoms with van der Waals surface area (Å²) < 4.78 is 17.0. The summed E-state index contributed by atoms with van der Waals surface area (Å²) in [5.74, 6) is -0.872. The molecule has 1 unspecified atom stereocenters. The molecule has 0 aromatic rings. The predicted molar refractivity (Wildman–Crippen MR) is 330 cm³/mol. The highest BCUT2D eigenvalue weighted by Gasteiger charge is 2.19. The second-order valence-electron chi connectivity index (χ2n) is 22.7. The summed E-state index contributed by atoms with van der Waals surface area (Å²) in [5, 5.41) is 0. The van der Waals surface area contributed by atoms with Crippen molar-refractivity contribution >= 4 is 17.9 Å². The Kier molecular flexibility index (Phi) is 62.6. The summed E-state index contributed by atoms with van der Waals surface area (Å²) in [7, 11) is 0. The molecule has 0 bridgehead atoms. The minimum atomic E-state index is -0.781. The van der Waals surface area contributed by atoms with E-state index in [1.165, 1.54) is 231 Å². The fourth-order valence-electron chi connectivity index (χ4n) is 10.0. The quantitative estimate of drug-likeness (QED) is 0.0261. The molecule has 6 heteroatoms. The zero-order valence-corrected chi connectivity index (χ0v) is 51.0. The Morgan fingerprint density at radius 3 is 0.816 bits per heavy atom. The molecule has 444 valence electrons. The monoisotopic (exact) mass is 1060 g/mol. The van der Waals surface area contributed by atoms with Crippen LogP contribution in [0.4, 0.5) is 0 Å². The number of rotatable bonds is 62. The van der Waals surface area contributed by atoms with Gasteiger partial charge in [0, 0.05) is 19.3 Å². The highest BCUT2D eigenvalue weighted by atomic mass is 16.6. The van der Waals surface area contributed by atoms with Crippen LogP contribution in [0.25, 0.3) is 0 Å². The van der Waals surface area contributed by atoms with E-state index < -0.39 is 6.10 Å². The Balaban J connectivity index is 4.28. The van der Waals surface area contributed by atoms with Gasteiger partial charge in [0.2, 0.25) is 0 Å².